The standard InChI is InChI=1S/C17H24N4O2/c1-13(22)18-16-9-11-21(19-16)15-8-10-20(12-15)17(23)14-6-4-2-3-5-7-14/h6,9,11,15H,2-5,7-8,10,12H2,1H3,(H,18,19,22)/t15-/m0/s1. The fourth-order valence-corrected chi connectivity index (χ4v) is 3.34. The van der Waals surface area contributed by atoms with Crippen LogP contribution in [0.5, 0.6) is 0 Å². The minimum atomic E-state index is -0.126. The monoisotopic (exact) mass is 316 g/mol. The third-order valence-corrected chi connectivity index (χ3v) is 4.55. The number of carbonyl (C=O) groups is 2. The molecule has 6 nitrogen and oxygen atoms in total. The van der Waals surface area contributed by atoms with Gasteiger partial charge in [-0.1, -0.05) is 12.5 Å². The molecule has 0 aromatic carbocycles. The summed E-state index contributed by atoms with van der Waals surface area (Å²) in [7, 11) is 0. The average molecular weight is 316 g/mol. The van der Waals surface area contributed by atoms with Gasteiger partial charge in [0.2, 0.25) is 11.8 Å². The molecular formula is C17H24N4O2. The summed E-state index contributed by atoms with van der Waals surface area (Å²) in [4.78, 5) is 25.7. The lowest BCUT2D eigenvalue weighted by atomic mass is 10.1. The van der Waals surface area contributed by atoms with Crippen molar-refractivity contribution in [2.45, 2.75) is 51.5 Å². The number of nitrogens with one attached hydrogen (secondary N) is 1. The molecule has 1 atom stereocenters. The maximum absolute atomic E-state index is 12.7. The normalized spacial score (nSPS) is 21.7. The summed E-state index contributed by atoms with van der Waals surface area (Å²) in [6.07, 6.45) is 10.4. The number of likely N-dealkylation sites (tertiary alicyclic amines) is 1. The Morgan fingerprint density at radius 1 is 1.30 bits per heavy atom. The fraction of sp³-hybridized carbons (Fsp3) is 0.588. The van der Waals surface area contributed by atoms with Gasteiger partial charge in [-0.05, 0) is 32.1 Å². The molecule has 23 heavy (non-hydrogen) atoms. The molecule has 124 valence electrons. The van der Waals surface area contributed by atoms with Gasteiger partial charge in [0.1, 0.15) is 0 Å². The number of aromatic nitrogens is 2. The first kappa shape index (κ1) is 15.8. The van der Waals surface area contributed by atoms with E-state index in [0.717, 1.165) is 37.8 Å². The smallest absolute Gasteiger partial charge is 0.249 e. The lowest BCUT2D eigenvalue weighted by Crippen LogP contribution is -2.30. The van der Waals surface area contributed by atoms with Gasteiger partial charge in [-0.2, -0.15) is 5.10 Å². The Morgan fingerprint density at radius 2 is 2.17 bits per heavy atom. The Labute approximate surface area is 136 Å². The minimum Gasteiger partial charge on any atom is -0.337 e. The molecule has 1 aromatic rings. The number of carbonyl (C=O) groups excluding carboxylic acids is 2. The Bertz CT molecular complexity index is 620. The van der Waals surface area contributed by atoms with E-state index in [-0.39, 0.29) is 17.9 Å². The van der Waals surface area contributed by atoms with Gasteiger partial charge in [0, 0.05) is 37.8 Å². The van der Waals surface area contributed by atoms with Crippen LogP contribution in [0.25, 0.3) is 0 Å². The molecule has 2 aliphatic rings. The largest absolute Gasteiger partial charge is 0.337 e. The third kappa shape index (κ3) is 3.81. The Balaban J connectivity index is 1.61. The van der Waals surface area contributed by atoms with Crippen LogP contribution in [0.4, 0.5) is 5.82 Å². The molecule has 1 aliphatic carbocycles. The second-order valence-corrected chi connectivity index (χ2v) is 6.38. The minimum absolute atomic E-state index is 0.126. The van der Waals surface area contributed by atoms with Crippen molar-refractivity contribution in [3.8, 4) is 0 Å². The van der Waals surface area contributed by atoms with Crippen molar-refractivity contribution in [1.82, 2.24) is 14.7 Å². The van der Waals surface area contributed by atoms with Crippen molar-refractivity contribution in [1.29, 1.82) is 0 Å². The predicted octanol–water partition coefficient (Wildman–Crippen LogP) is 2.51. The summed E-state index contributed by atoms with van der Waals surface area (Å²) in [5.74, 6) is 0.635. The van der Waals surface area contributed by atoms with Gasteiger partial charge >= 0.3 is 0 Å². The Kier molecular flexibility index (Phi) is 4.79. The first-order valence-corrected chi connectivity index (χ1v) is 8.44. The molecule has 6 heteroatoms. The first-order valence-electron chi connectivity index (χ1n) is 8.44. The number of allylic oxidation sites excluding steroid dienone is 1. The van der Waals surface area contributed by atoms with Gasteiger partial charge in [-0.3, -0.25) is 14.3 Å². The SMILES string of the molecule is CC(=O)Nc1ccn([C@H]2CCN(C(=O)C3=CCCCCC3)C2)n1. The highest BCUT2D eigenvalue weighted by Gasteiger charge is 2.29. The van der Waals surface area contributed by atoms with Crippen LogP contribution in [-0.4, -0.2) is 39.6 Å². The molecule has 3 rings (SSSR count). The second kappa shape index (κ2) is 6.98. The van der Waals surface area contributed by atoms with Crippen molar-refractivity contribution in [3.05, 3.63) is 23.9 Å². The van der Waals surface area contributed by atoms with Gasteiger partial charge in [-0.15, -0.1) is 0 Å². The summed E-state index contributed by atoms with van der Waals surface area (Å²) >= 11 is 0. The summed E-state index contributed by atoms with van der Waals surface area (Å²) < 4.78 is 1.86. The van der Waals surface area contributed by atoms with E-state index in [0.29, 0.717) is 12.4 Å². The van der Waals surface area contributed by atoms with E-state index < -0.39 is 0 Å². The number of nitrogens with zero attached hydrogens (tertiary/aromatic N) is 3. The average Bonchev–Trinajstić information content (AvgIpc) is 3.09. The van der Waals surface area contributed by atoms with Gasteiger partial charge in [-0.25, -0.2) is 0 Å². The van der Waals surface area contributed by atoms with E-state index in [1.165, 1.54) is 19.8 Å². The van der Waals surface area contributed by atoms with Crippen molar-refractivity contribution < 1.29 is 9.59 Å². The van der Waals surface area contributed by atoms with Gasteiger partial charge in [0.25, 0.3) is 0 Å². The summed E-state index contributed by atoms with van der Waals surface area (Å²) in [5.41, 5.74) is 0.988. The first-order chi connectivity index (χ1) is 11.1. The molecule has 1 fully saturated rings. The molecule has 0 bridgehead atoms. The third-order valence-electron chi connectivity index (χ3n) is 4.55. The van der Waals surface area contributed by atoms with Crippen molar-refractivity contribution >= 4 is 17.6 Å². The maximum Gasteiger partial charge on any atom is 0.249 e. The predicted molar refractivity (Wildman–Crippen MR) is 87.9 cm³/mol. The molecule has 1 saturated heterocycles. The van der Waals surface area contributed by atoms with Crippen LogP contribution in [0.3, 0.4) is 0 Å². The van der Waals surface area contributed by atoms with Crippen LogP contribution in [0.1, 0.15) is 51.5 Å². The van der Waals surface area contributed by atoms with E-state index in [4.69, 9.17) is 0 Å². The van der Waals surface area contributed by atoms with Crippen LogP contribution in [0.2, 0.25) is 0 Å². The van der Waals surface area contributed by atoms with Crippen LogP contribution >= 0.6 is 0 Å². The molecule has 2 amide bonds. The van der Waals surface area contributed by atoms with E-state index in [1.54, 1.807) is 6.07 Å². The van der Waals surface area contributed by atoms with E-state index >= 15 is 0 Å². The van der Waals surface area contributed by atoms with Gasteiger partial charge in [0.15, 0.2) is 5.82 Å². The molecular weight excluding hydrogens is 292 g/mol. The Morgan fingerprint density at radius 3 is 3.00 bits per heavy atom. The molecule has 1 aliphatic heterocycles. The van der Waals surface area contributed by atoms with Crippen molar-refractivity contribution in [2.75, 3.05) is 18.4 Å². The molecule has 2 heterocycles. The molecule has 0 radical (unpaired) electrons. The topological polar surface area (TPSA) is 67.2 Å². The number of rotatable bonds is 3. The maximum atomic E-state index is 12.7. The molecule has 0 spiro atoms. The number of hydrogen-bond acceptors (Lipinski definition) is 3. The number of amides is 2. The molecule has 0 saturated carbocycles. The highest BCUT2D eigenvalue weighted by molar-refractivity contribution is 5.93. The van der Waals surface area contributed by atoms with Gasteiger partial charge in [0.05, 0.1) is 6.04 Å². The second-order valence-electron chi connectivity index (χ2n) is 6.38. The summed E-state index contributed by atoms with van der Waals surface area (Å²) in [6.45, 7) is 2.93. The number of anilines is 1. The van der Waals surface area contributed by atoms with Crippen molar-refractivity contribution in [2.24, 2.45) is 0 Å². The number of hydrogen-bond donors (Lipinski definition) is 1. The van der Waals surface area contributed by atoms with E-state index in [1.807, 2.05) is 15.8 Å². The van der Waals surface area contributed by atoms with Crippen molar-refractivity contribution in [3.63, 3.8) is 0 Å². The van der Waals surface area contributed by atoms with Gasteiger partial charge < -0.3 is 10.2 Å². The Hall–Kier alpha value is -2.11. The zero-order chi connectivity index (χ0) is 16.2. The zero-order valence-electron chi connectivity index (χ0n) is 13.6. The summed E-state index contributed by atoms with van der Waals surface area (Å²) in [5, 5.41) is 7.07. The fourth-order valence-electron chi connectivity index (χ4n) is 3.34. The van der Waals surface area contributed by atoms with Crippen LogP contribution < -0.4 is 5.32 Å². The van der Waals surface area contributed by atoms with E-state index in [2.05, 4.69) is 16.5 Å². The highest BCUT2D eigenvalue weighted by Crippen LogP contribution is 2.26. The highest BCUT2D eigenvalue weighted by atomic mass is 16.2. The van der Waals surface area contributed by atoms with Crippen LogP contribution in [-0.2, 0) is 9.59 Å². The molecule has 1 N–H and O–H groups in total. The zero-order valence-corrected chi connectivity index (χ0v) is 13.6. The lowest BCUT2D eigenvalue weighted by Gasteiger charge is -2.18. The lowest BCUT2D eigenvalue weighted by molar-refractivity contribution is -0.126. The summed E-state index contributed by atoms with van der Waals surface area (Å²) in [6, 6.07) is 1.98. The van der Waals surface area contributed by atoms with Crippen LogP contribution in [0.15, 0.2) is 23.9 Å². The van der Waals surface area contributed by atoms with Crippen LogP contribution in [0, 0.1) is 0 Å². The molecule has 1 aromatic heterocycles. The van der Waals surface area contributed by atoms with E-state index in [9.17, 15) is 9.59 Å². The molecule has 0 unspecified atom stereocenters. The quantitative estimate of drug-likeness (QED) is 0.931.